The predicted octanol–water partition coefficient (Wildman–Crippen LogP) is 4.42. The second kappa shape index (κ2) is 8.22. The molecule has 1 aliphatic rings. The summed E-state index contributed by atoms with van der Waals surface area (Å²) in [5.74, 6) is -0.791. The Morgan fingerprint density at radius 1 is 1.21 bits per heavy atom. The van der Waals surface area contributed by atoms with Crippen molar-refractivity contribution in [1.29, 1.82) is 5.26 Å². The van der Waals surface area contributed by atoms with E-state index in [0.29, 0.717) is 6.07 Å². The number of rotatable bonds is 3. The quantitative estimate of drug-likeness (QED) is 0.405. The Labute approximate surface area is 189 Å². The fourth-order valence-electron chi connectivity index (χ4n) is 3.86. The second-order valence-electron chi connectivity index (χ2n) is 7.57. The molecule has 0 saturated carbocycles. The predicted molar refractivity (Wildman–Crippen MR) is 107 cm³/mol. The average Bonchev–Trinajstić information content (AvgIpc) is 3.20. The minimum atomic E-state index is -4.85. The molecular weight excluding hydrogens is 469 g/mol. The van der Waals surface area contributed by atoms with Gasteiger partial charge in [-0.2, -0.15) is 22.8 Å². The van der Waals surface area contributed by atoms with Crippen molar-refractivity contribution >= 4 is 17.3 Å². The minimum Gasteiger partial charge on any atom is -0.368 e. The van der Waals surface area contributed by atoms with Gasteiger partial charge in [0.2, 0.25) is 5.95 Å². The molecule has 0 amide bonds. The number of aryl methyl sites for hydroxylation is 1. The van der Waals surface area contributed by atoms with Crippen LogP contribution in [-0.2, 0) is 18.9 Å². The highest BCUT2D eigenvalue weighted by atomic mass is 35.5. The van der Waals surface area contributed by atoms with Crippen LogP contribution in [0.25, 0.3) is 11.3 Å². The normalized spacial score (nSPS) is 16.0. The van der Waals surface area contributed by atoms with Gasteiger partial charge in [-0.25, -0.2) is 14.4 Å². The van der Waals surface area contributed by atoms with Crippen molar-refractivity contribution in [3.63, 3.8) is 0 Å². The third-order valence-electron chi connectivity index (χ3n) is 5.46. The van der Waals surface area contributed by atoms with Crippen LogP contribution >= 0.6 is 11.6 Å². The highest BCUT2D eigenvalue weighted by Gasteiger charge is 2.42. The lowest BCUT2D eigenvalue weighted by molar-refractivity contribution is -0.141. The molecule has 4 heterocycles. The van der Waals surface area contributed by atoms with Crippen molar-refractivity contribution in [1.82, 2.24) is 24.7 Å². The van der Waals surface area contributed by atoms with Crippen molar-refractivity contribution < 1.29 is 22.0 Å². The number of hydrogen-bond donors (Lipinski definition) is 0. The maximum atomic E-state index is 15.6. The standard InChI is InChI=1S/C20H15ClF5N7/c1-32-10-29-31-18(32)19(23)2-4-33(5-3-19)17-11(8-27)6-14(20(24,25)26)30-16(17)12-9-28-15(22)7-13(12)21/h6-7,9-10H,2-5H2,1H3. The largest absolute Gasteiger partial charge is 0.433 e. The van der Waals surface area contributed by atoms with Gasteiger partial charge in [0, 0.05) is 50.8 Å². The molecule has 33 heavy (non-hydrogen) atoms. The molecule has 0 atom stereocenters. The third kappa shape index (κ3) is 4.20. The van der Waals surface area contributed by atoms with Crippen LogP contribution in [0.15, 0.2) is 24.7 Å². The van der Waals surface area contributed by atoms with Gasteiger partial charge in [-0.1, -0.05) is 11.6 Å². The lowest BCUT2D eigenvalue weighted by Crippen LogP contribution is -2.42. The number of aromatic nitrogens is 5. The highest BCUT2D eigenvalue weighted by Crippen LogP contribution is 2.43. The van der Waals surface area contributed by atoms with Crippen LogP contribution in [0.1, 0.15) is 29.9 Å². The molecule has 7 nitrogen and oxygen atoms in total. The van der Waals surface area contributed by atoms with Crippen LogP contribution in [-0.4, -0.2) is 37.8 Å². The molecule has 0 bridgehead atoms. The minimum absolute atomic E-state index is 0.0424. The first kappa shape index (κ1) is 22.8. The maximum absolute atomic E-state index is 15.6. The van der Waals surface area contributed by atoms with Crippen molar-refractivity contribution in [2.45, 2.75) is 24.7 Å². The molecule has 0 spiro atoms. The number of hydrogen-bond acceptors (Lipinski definition) is 6. The summed E-state index contributed by atoms with van der Waals surface area (Å²) in [5.41, 5.74) is -3.76. The summed E-state index contributed by atoms with van der Waals surface area (Å²) in [7, 11) is 1.61. The Morgan fingerprint density at radius 3 is 2.45 bits per heavy atom. The summed E-state index contributed by atoms with van der Waals surface area (Å²) < 4.78 is 70.9. The highest BCUT2D eigenvalue weighted by molar-refractivity contribution is 6.33. The van der Waals surface area contributed by atoms with Gasteiger partial charge >= 0.3 is 6.18 Å². The number of piperidine rings is 1. The van der Waals surface area contributed by atoms with Gasteiger partial charge < -0.3 is 9.47 Å². The molecule has 1 fully saturated rings. The number of halogens is 6. The van der Waals surface area contributed by atoms with E-state index in [1.165, 1.54) is 10.9 Å². The molecule has 3 aromatic heterocycles. The molecule has 1 saturated heterocycles. The van der Waals surface area contributed by atoms with E-state index in [4.69, 9.17) is 11.6 Å². The molecule has 0 N–H and O–H groups in total. The topological polar surface area (TPSA) is 83.5 Å². The molecule has 3 aromatic rings. The maximum Gasteiger partial charge on any atom is 0.433 e. The van der Waals surface area contributed by atoms with E-state index >= 15 is 4.39 Å². The first-order valence-corrected chi connectivity index (χ1v) is 10.0. The smallest absolute Gasteiger partial charge is 0.368 e. The molecule has 1 aliphatic heterocycles. The van der Waals surface area contributed by atoms with E-state index in [2.05, 4.69) is 20.2 Å². The molecule has 172 valence electrons. The summed E-state index contributed by atoms with van der Waals surface area (Å²) in [6.45, 7) is 0.0919. The molecule has 13 heteroatoms. The van der Waals surface area contributed by atoms with Crippen LogP contribution in [0.5, 0.6) is 0 Å². The van der Waals surface area contributed by atoms with Gasteiger partial charge in [-0.05, 0) is 6.07 Å². The molecule has 4 rings (SSSR count). The van der Waals surface area contributed by atoms with Crippen LogP contribution in [0.3, 0.4) is 0 Å². The Bertz CT molecular complexity index is 1240. The molecular formula is C20H15ClF5N7. The Balaban J connectivity index is 1.81. The Hall–Kier alpha value is -3.33. The zero-order valence-electron chi connectivity index (χ0n) is 17.0. The fourth-order valence-corrected chi connectivity index (χ4v) is 4.08. The number of pyridine rings is 2. The van der Waals surface area contributed by atoms with E-state index in [0.717, 1.165) is 12.3 Å². The monoisotopic (exact) mass is 483 g/mol. The molecule has 0 aromatic carbocycles. The van der Waals surface area contributed by atoms with Crippen molar-refractivity contribution in [2.75, 3.05) is 18.0 Å². The lowest BCUT2D eigenvalue weighted by Gasteiger charge is -2.38. The van der Waals surface area contributed by atoms with Crippen LogP contribution in [0, 0.1) is 17.3 Å². The summed E-state index contributed by atoms with van der Waals surface area (Å²) in [6, 6.07) is 3.23. The summed E-state index contributed by atoms with van der Waals surface area (Å²) in [6.07, 6.45) is -2.63. The zero-order chi connectivity index (χ0) is 24.0. The number of alkyl halides is 4. The number of nitriles is 1. The van der Waals surface area contributed by atoms with E-state index in [1.807, 2.05) is 0 Å². The third-order valence-corrected chi connectivity index (χ3v) is 5.78. The fraction of sp³-hybridized carbons (Fsp3) is 0.350. The lowest BCUT2D eigenvalue weighted by atomic mass is 9.91. The van der Waals surface area contributed by atoms with Crippen molar-refractivity contribution in [3.8, 4) is 17.3 Å². The van der Waals surface area contributed by atoms with Crippen molar-refractivity contribution in [2.24, 2.45) is 7.05 Å². The van der Waals surface area contributed by atoms with Crippen LogP contribution in [0.4, 0.5) is 27.6 Å². The SMILES string of the molecule is Cn1cnnc1C1(F)CCN(c2c(C#N)cc(C(F)(F)F)nc2-c2cnc(F)cc2Cl)CC1. The van der Waals surface area contributed by atoms with Gasteiger partial charge in [-0.3, -0.25) is 0 Å². The second-order valence-corrected chi connectivity index (χ2v) is 7.97. The summed E-state index contributed by atoms with van der Waals surface area (Å²) >= 11 is 6.09. The Kier molecular flexibility index (Phi) is 5.69. The average molecular weight is 484 g/mol. The Morgan fingerprint density at radius 2 is 1.91 bits per heavy atom. The van der Waals surface area contributed by atoms with E-state index in [-0.39, 0.29) is 59.3 Å². The van der Waals surface area contributed by atoms with Gasteiger partial charge in [0.25, 0.3) is 0 Å². The molecule has 0 aliphatic carbocycles. The summed E-state index contributed by atoms with van der Waals surface area (Å²) in [5, 5.41) is 16.9. The number of nitrogens with zero attached hydrogens (tertiary/aromatic N) is 7. The first-order chi connectivity index (χ1) is 15.5. The van der Waals surface area contributed by atoms with Gasteiger partial charge in [0.15, 0.2) is 11.5 Å². The first-order valence-electron chi connectivity index (χ1n) is 9.65. The van der Waals surface area contributed by atoms with Crippen LogP contribution < -0.4 is 4.90 Å². The van der Waals surface area contributed by atoms with Gasteiger partial charge in [0.05, 0.1) is 22.0 Å². The van der Waals surface area contributed by atoms with Crippen molar-refractivity contribution in [3.05, 3.63) is 52.7 Å². The summed E-state index contributed by atoms with van der Waals surface area (Å²) in [4.78, 5) is 8.73. The van der Waals surface area contributed by atoms with Gasteiger partial charge in [0.1, 0.15) is 18.1 Å². The zero-order valence-corrected chi connectivity index (χ0v) is 17.8. The van der Waals surface area contributed by atoms with E-state index < -0.39 is 23.5 Å². The van der Waals surface area contributed by atoms with Crippen LogP contribution in [0.2, 0.25) is 5.02 Å². The van der Waals surface area contributed by atoms with E-state index in [1.54, 1.807) is 18.0 Å². The van der Waals surface area contributed by atoms with E-state index in [9.17, 15) is 22.8 Å². The molecule has 0 unspecified atom stereocenters. The van der Waals surface area contributed by atoms with Gasteiger partial charge in [-0.15, -0.1) is 10.2 Å². The molecule has 0 radical (unpaired) electrons. The number of anilines is 1.